The van der Waals surface area contributed by atoms with E-state index in [9.17, 15) is 14.7 Å². The summed E-state index contributed by atoms with van der Waals surface area (Å²) in [6.45, 7) is 2.83. The summed E-state index contributed by atoms with van der Waals surface area (Å²) in [6.07, 6.45) is 2.80. The Labute approximate surface area is 168 Å². The minimum atomic E-state index is -0.888. The lowest BCUT2D eigenvalue weighted by atomic mass is 9.91. The van der Waals surface area contributed by atoms with Crippen molar-refractivity contribution in [3.63, 3.8) is 0 Å². The van der Waals surface area contributed by atoms with E-state index >= 15 is 0 Å². The van der Waals surface area contributed by atoms with Crippen molar-refractivity contribution in [2.45, 2.75) is 31.9 Å². The third-order valence-electron chi connectivity index (χ3n) is 5.43. The first-order valence-corrected chi connectivity index (χ1v) is 9.73. The fourth-order valence-electron chi connectivity index (χ4n) is 3.80. The zero-order chi connectivity index (χ0) is 20.4. The summed E-state index contributed by atoms with van der Waals surface area (Å²) < 4.78 is 1.84. The summed E-state index contributed by atoms with van der Waals surface area (Å²) in [4.78, 5) is 25.7. The Bertz CT molecular complexity index is 1030. The van der Waals surface area contributed by atoms with Gasteiger partial charge in [0.25, 0.3) is 5.91 Å². The highest BCUT2D eigenvalue weighted by Gasteiger charge is 2.35. The first kappa shape index (κ1) is 19.1. The molecule has 0 aliphatic carbocycles. The molecule has 1 fully saturated rings. The second kappa shape index (κ2) is 7.67. The molecule has 7 heteroatoms. The third-order valence-corrected chi connectivity index (χ3v) is 5.43. The van der Waals surface area contributed by atoms with Gasteiger partial charge in [-0.3, -0.25) is 14.3 Å². The smallest absolute Gasteiger partial charge is 0.253 e. The van der Waals surface area contributed by atoms with E-state index < -0.39 is 5.60 Å². The molecule has 0 bridgehead atoms. The van der Waals surface area contributed by atoms with Gasteiger partial charge >= 0.3 is 0 Å². The van der Waals surface area contributed by atoms with Gasteiger partial charge in [-0.1, -0.05) is 18.2 Å². The number of piperidine rings is 1. The molecule has 1 saturated heterocycles. The summed E-state index contributed by atoms with van der Waals surface area (Å²) in [6, 6.07) is 14.8. The number of hydrogen-bond donors (Lipinski definition) is 2. The van der Waals surface area contributed by atoms with Crippen molar-refractivity contribution >= 4 is 28.4 Å². The number of amides is 2. The zero-order valence-electron chi connectivity index (χ0n) is 16.3. The van der Waals surface area contributed by atoms with Gasteiger partial charge in [-0.15, -0.1) is 0 Å². The second-order valence-electron chi connectivity index (χ2n) is 7.64. The highest BCUT2D eigenvalue weighted by atomic mass is 16.3. The van der Waals surface area contributed by atoms with Crippen molar-refractivity contribution in [1.29, 1.82) is 0 Å². The lowest BCUT2D eigenvalue weighted by Crippen LogP contribution is -2.48. The van der Waals surface area contributed by atoms with Crippen LogP contribution in [0.3, 0.4) is 0 Å². The maximum atomic E-state index is 12.8. The number of fused-ring (bicyclic) bond motifs is 1. The fourth-order valence-corrected chi connectivity index (χ4v) is 3.80. The molecule has 0 radical (unpaired) electrons. The monoisotopic (exact) mass is 392 g/mol. The Morgan fingerprint density at radius 3 is 2.48 bits per heavy atom. The van der Waals surface area contributed by atoms with Crippen LogP contribution >= 0.6 is 0 Å². The number of para-hydroxylation sites is 1. The molecule has 4 rings (SSSR count). The Morgan fingerprint density at radius 1 is 1.10 bits per heavy atom. The lowest BCUT2D eigenvalue weighted by Gasteiger charge is -2.38. The van der Waals surface area contributed by atoms with E-state index in [0.29, 0.717) is 43.7 Å². The number of rotatable bonds is 4. The van der Waals surface area contributed by atoms with Crippen molar-refractivity contribution < 1.29 is 14.7 Å². The van der Waals surface area contributed by atoms with Crippen molar-refractivity contribution in [2.24, 2.45) is 0 Å². The molecule has 1 aliphatic rings. The molecule has 2 heterocycles. The van der Waals surface area contributed by atoms with Gasteiger partial charge in [0.05, 0.1) is 23.9 Å². The zero-order valence-corrected chi connectivity index (χ0v) is 16.3. The third kappa shape index (κ3) is 4.14. The molecule has 1 aliphatic heterocycles. The molecule has 0 spiro atoms. The molecule has 1 aromatic heterocycles. The Hall–Kier alpha value is -3.19. The molecule has 2 aromatic carbocycles. The molecule has 29 heavy (non-hydrogen) atoms. The van der Waals surface area contributed by atoms with Gasteiger partial charge in [0.15, 0.2) is 0 Å². The highest BCUT2D eigenvalue weighted by Crippen LogP contribution is 2.27. The molecule has 0 saturated carbocycles. The van der Waals surface area contributed by atoms with Crippen LogP contribution in [0.5, 0.6) is 0 Å². The summed E-state index contributed by atoms with van der Waals surface area (Å²) in [7, 11) is 0. The predicted molar refractivity (Wildman–Crippen MR) is 111 cm³/mol. The molecule has 7 nitrogen and oxygen atoms in total. The number of benzene rings is 2. The summed E-state index contributed by atoms with van der Waals surface area (Å²) >= 11 is 0. The van der Waals surface area contributed by atoms with E-state index in [1.54, 1.807) is 29.2 Å². The van der Waals surface area contributed by atoms with E-state index in [2.05, 4.69) is 10.4 Å². The average Bonchev–Trinajstić information content (AvgIpc) is 3.11. The number of carbonyl (C=O) groups is 2. The minimum absolute atomic E-state index is 0.0639. The second-order valence-corrected chi connectivity index (χ2v) is 7.64. The molecule has 2 amide bonds. The summed E-state index contributed by atoms with van der Waals surface area (Å²) in [5.41, 5.74) is 1.34. The maximum Gasteiger partial charge on any atom is 0.253 e. The van der Waals surface area contributed by atoms with Gasteiger partial charge in [-0.05, 0) is 43.2 Å². The number of nitrogens with one attached hydrogen (secondary N) is 1. The first-order chi connectivity index (χ1) is 13.9. The molecule has 2 N–H and O–H groups in total. The van der Waals surface area contributed by atoms with Crippen molar-refractivity contribution in [3.8, 4) is 0 Å². The number of hydrogen-bond acceptors (Lipinski definition) is 4. The van der Waals surface area contributed by atoms with Gasteiger partial charge < -0.3 is 15.3 Å². The SMILES string of the molecule is CC(=O)Nc1ccc(C(=O)N2CCC(O)(Cn3ncc4ccccc43)CC2)cc1. The van der Waals surface area contributed by atoms with Crippen molar-refractivity contribution in [2.75, 3.05) is 18.4 Å². The molecule has 150 valence electrons. The Morgan fingerprint density at radius 2 is 1.79 bits per heavy atom. The number of aliphatic hydroxyl groups is 1. The number of nitrogens with zero attached hydrogens (tertiary/aromatic N) is 3. The van der Waals surface area contributed by atoms with Crippen LogP contribution in [-0.4, -0.2) is 50.3 Å². The number of aromatic nitrogens is 2. The van der Waals surface area contributed by atoms with Gasteiger partial charge in [-0.2, -0.15) is 5.10 Å². The molecule has 0 unspecified atom stereocenters. The molecular weight excluding hydrogens is 368 g/mol. The van der Waals surface area contributed by atoms with E-state index in [-0.39, 0.29) is 11.8 Å². The largest absolute Gasteiger partial charge is 0.388 e. The normalized spacial score (nSPS) is 16.0. The molecular formula is C22H24N4O3. The van der Waals surface area contributed by atoms with E-state index in [0.717, 1.165) is 10.9 Å². The van der Waals surface area contributed by atoms with Crippen LogP contribution in [0.25, 0.3) is 10.9 Å². The van der Waals surface area contributed by atoms with E-state index in [1.165, 1.54) is 6.92 Å². The minimum Gasteiger partial charge on any atom is -0.388 e. The summed E-state index contributed by atoms with van der Waals surface area (Å²) in [5.74, 6) is -0.213. The molecule has 0 atom stereocenters. The van der Waals surface area contributed by atoms with E-state index in [4.69, 9.17) is 0 Å². The van der Waals surface area contributed by atoms with Crippen LogP contribution in [0.1, 0.15) is 30.1 Å². The van der Waals surface area contributed by atoms with Crippen molar-refractivity contribution in [1.82, 2.24) is 14.7 Å². The molecule has 3 aromatic rings. The quantitative estimate of drug-likeness (QED) is 0.715. The van der Waals surface area contributed by atoms with Gasteiger partial charge in [0, 0.05) is 36.7 Å². The maximum absolute atomic E-state index is 12.8. The van der Waals surface area contributed by atoms with Crippen LogP contribution < -0.4 is 5.32 Å². The lowest BCUT2D eigenvalue weighted by molar-refractivity contribution is -0.114. The predicted octanol–water partition coefficient (Wildman–Crippen LogP) is 2.66. The van der Waals surface area contributed by atoms with Crippen molar-refractivity contribution in [3.05, 3.63) is 60.3 Å². The Balaban J connectivity index is 1.39. The summed E-state index contributed by atoms with van der Waals surface area (Å²) in [5, 5.41) is 19.2. The average molecular weight is 392 g/mol. The first-order valence-electron chi connectivity index (χ1n) is 9.73. The van der Waals surface area contributed by atoms with Crippen LogP contribution in [0.4, 0.5) is 5.69 Å². The van der Waals surface area contributed by atoms with Crippen LogP contribution in [-0.2, 0) is 11.3 Å². The topological polar surface area (TPSA) is 87.5 Å². The van der Waals surface area contributed by atoms with Crippen LogP contribution in [0.15, 0.2) is 54.7 Å². The highest BCUT2D eigenvalue weighted by molar-refractivity contribution is 5.95. The standard InChI is InChI=1S/C22H24N4O3/c1-16(27)24-19-8-6-17(7-9-19)21(28)25-12-10-22(29,11-13-25)15-26-20-5-3-2-4-18(20)14-23-26/h2-9,14,29H,10-13,15H2,1H3,(H,24,27). The number of carbonyl (C=O) groups excluding carboxylic acids is 2. The van der Waals surface area contributed by atoms with Gasteiger partial charge in [-0.25, -0.2) is 0 Å². The Kier molecular flexibility index (Phi) is 5.07. The fraction of sp³-hybridized carbons (Fsp3) is 0.318. The van der Waals surface area contributed by atoms with Crippen LogP contribution in [0.2, 0.25) is 0 Å². The van der Waals surface area contributed by atoms with Gasteiger partial charge in [0.2, 0.25) is 5.91 Å². The van der Waals surface area contributed by atoms with Gasteiger partial charge in [0.1, 0.15) is 0 Å². The number of likely N-dealkylation sites (tertiary alicyclic amines) is 1. The van der Waals surface area contributed by atoms with E-state index in [1.807, 2.05) is 35.1 Å². The van der Waals surface area contributed by atoms with Crippen LogP contribution in [0, 0.1) is 0 Å². The number of anilines is 1.